The standard InChI is InChI=1S/C30H29F2N3O6S.C29H27F2N3O6S.C26H23F2N3O3S/c1-3-39-30(38)41-16-40-28-22(36)12-13-34-27(28)29(37)33-14-17(2)8-11-24(33)35(34)26-18-9-10-21(31)25(32)20(18)15-42-23-7-5-4-6-19(23)26;1-16-7-10-23-32(13-16)28(36)26-27(39-15-40-29(37)38-2)21(35)11-12-33(26)34(23)25-17-8-9-20(30)24(31)19(17)14-41-22-6-4-3-5-18(22)25;1-14-6-9-21-29(12-14)26(34)24-25(33)19(32)10-11-30(24)31(21)23-15-7-8-18(27)22(28)17(15)13-35-20-5-3-2-4-16(20)23/h4-7,9-10,12-13,17,24,26H,3,8,11,14-16H2,1-2H3;3-6,8-9,11-12,16,23,25H,7,10,13-15H2,1-2H3;2-5,7-8,10-11,14,21,23,33H,6,9,12-13H2,1H3/t17-,24-,26+;16-,23-,25+;14-,21-,23+/m111/s1. The van der Waals surface area contributed by atoms with Crippen molar-refractivity contribution in [3.63, 3.8) is 0 Å². The number of amides is 3. The fourth-order valence-corrected chi connectivity index (χ4v) is 20.8. The molecule has 118 heavy (non-hydrogen) atoms. The maximum absolute atomic E-state index is 15.4. The topological polar surface area (TPSA) is 246 Å². The first-order chi connectivity index (χ1) is 57.0. The van der Waals surface area contributed by atoms with Gasteiger partial charge in [-0.15, -0.1) is 35.3 Å². The largest absolute Gasteiger partial charge is 0.511 e. The number of halogens is 6. The fourth-order valence-electron chi connectivity index (χ4n) is 17.4. The number of thioether (sulfide) groups is 3. The summed E-state index contributed by atoms with van der Waals surface area (Å²) in [7, 11) is 1.13. The minimum absolute atomic E-state index is 0.0428. The van der Waals surface area contributed by atoms with Crippen molar-refractivity contribution >= 4 is 65.3 Å². The first-order valence-electron chi connectivity index (χ1n) is 38.5. The minimum atomic E-state index is -1.01. The molecule has 12 heterocycles. The van der Waals surface area contributed by atoms with Crippen LogP contribution in [0.5, 0.6) is 17.2 Å². The minimum Gasteiger partial charge on any atom is -0.502 e. The molecule has 9 aliphatic heterocycles. The maximum atomic E-state index is 15.4. The molecule has 0 aliphatic carbocycles. The van der Waals surface area contributed by atoms with E-state index in [2.05, 4.69) is 18.6 Å². The number of carbonyl (C=O) groups is 5. The van der Waals surface area contributed by atoms with Crippen LogP contribution in [0.1, 0.15) is 166 Å². The SMILES string of the molecule is CCOC(=O)OCOc1c2n(ccc1=O)N([C@@H]1c3ccccc3SCc3c1ccc(F)c3F)[C@@H]1CC[C@@H](C)CN1C2=O.COC(=O)OCOc1c2n(ccc1=O)N([C@@H]1c3ccccc3SCc3c1ccc(F)c3F)[C@@H]1CC[C@@H](C)CN1C2=O.C[C@@H]1CC[C@@H]2N(C1)C(=O)c1c(O)c(=O)ccn1N2[C@@H]1c2ccccc2SCc2c1ccc(F)c2F. The van der Waals surface area contributed by atoms with Gasteiger partial charge in [-0.3, -0.25) is 57.8 Å². The van der Waals surface area contributed by atoms with Gasteiger partial charge < -0.3 is 48.2 Å². The van der Waals surface area contributed by atoms with Gasteiger partial charge in [0.15, 0.2) is 57.7 Å². The number of fused-ring (bicyclic) bond motifs is 12. The van der Waals surface area contributed by atoms with Crippen LogP contribution in [0, 0.1) is 52.7 Å². The molecule has 18 rings (SSSR count). The number of aromatic nitrogens is 3. The van der Waals surface area contributed by atoms with Gasteiger partial charge in [-0.2, -0.15) is 0 Å². The second-order valence-corrected chi connectivity index (χ2v) is 33.1. The second-order valence-electron chi connectivity index (χ2n) is 30.1. The Kier molecular flexibility index (Phi) is 22.6. The molecule has 9 atom stereocenters. The molecule has 614 valence electrons. The van der Waals surface area contributed by atoms with Crippen LogP contribution in [0.15, 0.2) is 175 Å². The highest BCUT2D eigenvalue weighted by Gasteiger charge is 2.51. The van der Waals surface area contributed by atoms with Gasteiger partial charge >= 0.3 is 12.3 Å². The van der Waals surface area contributed by atoms with Crippen LogP contribution in [0.3, 0.4) is 0 Å². The lowest BCUT2D eigenvalue weighted by Gasteiger charge is -2.53. The molecule has 3 amide bonds. The van der Waals surface area contributed by atoms with Gasteiger partial charge in [0.05, 0.1) is 31.8 Å². The molecule has 9 aromatic rings. The third-order valence-corrected chi connectivity index (χ3v) is 26.2. The summed E-state index contributed by atoms with van der Waals surface area (Å²) in [6.45, 7) is 7.90. The summed E-state index contributed by atoms with van der Waals surface area (Å²) in [5.41, 5.74) is 3.11. The van der Waals surface area contributed by atoms with E-state index < -0.39 is 137 Å². The summed E-state index contributed by atoms with van der Waals surface area (Å²) in [5, 5.41) is 16.6. The molecule has 0 radical (unpaired) electrons. The third-order valence-electron chi connectivity index (χ3n) is 22.9. The van der Waals surface area contributed by atoms with Crippen LogP contribution >= 0.6 is 35.3 Å². The number of hydrogen-bond donors (Lipinski definition) is 1. The Morgan fingerprint density at radius 1 is 0.415 bits per heavy atom. The molecule has 33 heteroatoms. The van der Waals surface area contributed by atoms with Crippen LogP contribution < -0.4 is 40.8 Å². The van der Waals surface area contributed by atoms with Crippen molar-refractivity contribution in [3.8, 4) is 17.2 Å². The Labute approximate surface area is 684 Å². The number of ether oxygens (including phenoxy) is 6. The molecule has 1 N–H and O–H groups in total. The lowest BCUT2D eigenvalue weighted by Crippen LogP contribution is -2.64. The van der Waals surface area contributed by atoms with Gasteiger partial charge in [-0.25, -0.2) is 35.9 Å². The van der Waals surface area contributed by atoms with Crippen molar-refractivity contribution in [2.24, 2.45) is 17.8 Å². The van der Waals surface area contributed by atoms with Crippen LogP contribution in [0.25, 0.3) is 0 Å². The molecule has 24 nitrogen and oxygen atoms in total. The van der Waals surface area contributed by atoms with E-state index in [1.807, 2.05) is 94.7 Å². The predicted molar refractivity (Wildman–Crippen MR) is 423 cm³/mol. The van der Waals surface area contributed by atoms with Crippen LogP contribution in [-0.4, -0.2) is 129 Å². The van der Waals surface area contributed by atoms with E-state index in [1.165, 1.54) is 72.1 Å². The van der Waals surface area contributed by atoms with E-state index >= 15 is 13.2 Å². The number of hydrogen-bond acceptors (Lipinski definition) is 21. The number of rotatable bonds is 10. The molecule has 3 saturated heterocycles. The van der Waals surface area contributed by atoms with Gasteiger partial charge in [0.1, 0.15) is 18.5 Å². The zero-order valence-corrected chi connectivity index (χ0v) is 66.8. The average Bonchev–Trinajstić information content (AvgIpc) is 1.06. The number of nitrogens with zero attached hydrogens (tertiary/aromatic N) is 9. The lowest BCUT2D eigenvalue weighted by atomic mass is 9.90. The Bertz CT molecular complexity index is 5720. The highest BCUT2D eigenvalue weighted by Crippen LogP contribution is 2.51. The third kappa shape index (κ3) is 14.4. The average molecular weight is 1680 g/mol. The molecule has 0 spiro atoms. The Morgan fingerprint density at radius 3 is 1.10 bits per heavy atom. The molecule has 3 aromatic heterocycles. The molecule has 0 saturated carbocycles. The van der Waals surface area contributed by atoms with Crippen LogP contribution in [-0.2, 0) is 36.2 Å². The summed E-state index contributed by atoms with van der Waals surface area (Å²) in [5.74, 6) is -6.51. The summed E-state index contributed by atoms with van der Waals surface area (Å²) in [6, 6.07) is 33.1. The molecular weight excluding hydrogens is 1600 g/mol. The number of methoxy groups -OCH3 is 1. The molecular formula is C85H79F6N9O15S3. The Morgan fingerprint density at radius 2 is 0.746 bits per heavy atom. The van der Waals surface area contributed by atoms with Crippen molar-refractivity contribution in [1.82, 2.24) is 28.7 Å². The first kappa shape index (κ1) is 80.3. The monoisotopic (exact) mass is 1680 g/mol. The van der Waals surface area contributed by atoms with Gasteiger partial charge in [0.2, 0.25) is 41.4 Å². The zero-order chi connectivity index (χ0) is 82.8. The fraction of sp³-hybridized carbons (Fsp3) is 0.341. The van der Waals surface area contributed by atoms with Crippen molar-refractivity contribution in [1.29, 1.82) is 0 Å². The second kappa shape index (κ2) is 33.2. The normalized spacial score (nSPS) is 21.7. The van der Waals surface area contributed by atoms with Crippen LogP contribution in [0.4, 0.5) is 35.9 Å². The quantitative estimate of drug-likeness (QED) is 0.0759. The summed E-state index contributed by atoms with van der Waals surface area (Å²) >= 11 is 4.27. The van der Waals surface area contributed by atoms with Gasteiger partial charge in [-0.05, 0) is 133 Å². The summed E-state index contributed by atoms with van der Waals surface area (Å²) in [4.78, 5) is 111. The number of aromatic hydroxyl groups is 1. The van der Waals surface area contributed by atoms with E-state index in [0.29, 0.717) is 55.6 Å². The Hall–Kier alpha value is -11.5. The summed E-state index contributed by atoms with van der Waals surface area (Å²) < 4.78 is 124. The number of benzene rings is 6. The van der Waals surface area contributed by atoms with E-state index in [4.69, 9.17) is 23.7 Å². The summed E-state index contributed by atoms with van der Waals surface area (Å²) in [6.07, 6.45) is 5.66. The van der Waals surface area contributed by atoms with Gasteiger partial charge in [-0.1, -0.05) is 93.6 Å². The Balaban J connectivity index is 0.000000133. The molecule has 3 fully saturated rings. The zero-order valence-electron chi connectivity index (χ0n) is 64.3. The van der Waals surface area contributed by atoms with E-state index in [9.17, 15) is 56.6 Å². The van der Waals surface area contributed by atoms with E-state index in [-0.39, 0.29) is 86.9 Å². The molecule has 9 aliphatic rings. The molecule has 6 aromatic carbocycles. The van der Waals surface area contributed by atoms with E-state index in [1.54, 1.807) is 53.9 Å². The lowest BCUT2D eigenvalue weighted by molar-refractivity contribution is 0.00444. The predicted octanol–water partition coefficient (Wildman–Crippen LogP) is 14.3. The van der Waals surface area contributed by atoms with Gasteiger partial charge in [0, 0.05) is 105 Å². The van der Waals surface area contributed by atoms with Crippen LogP contribution in [0.2, 0.25) is 0 Å². The van der Waals surface area contributed by atoms with Crippen molar-refractivity contribution < 1.29 is 83.8 Å². The van der Waals surface area contributed by atoms with Gasteiger partial charge in [0.25, 0.3) is 17.7 Å². The molecule has 0 bridgehead atoms. The maximum Gasteiger partial charge on any atom is 0.511 e. The highest BCUT2D eigenvalue weighted by molar-refractivity contribution is 7.99. The number of carbonyl (C=O) groups excluding carboxylic acids is 5. The highest BCUT2D eigenvalue weighted by atomic mass is 32.2. The molecule has 0 unspecified atom stereocenters. The van der Waals surface area contributed by atoms with Crippen molar-refractivity contribution in [3.05, 3.63) is 279 Å². The first-order valence-corrected chi connectivity index (χ1v) is 41.5. The number of piperidine rings is 3. The van der Waals surface area contributed by atoms with Crippen molar-refractivity contribution in [2.75, 3.05) is 62.0 Å². The number of pyridine rings is 3. The van der Waals surface area contributed by atoms with Crippen molar-refractivity contribution in [2.45, 2.75) is 135 Å². The van der Waals surface area contributed by atoms with E-state index in [0.717, 1.165) is 75.9 Å². The smallest absolute Gasteiger partial charge is 0.502 e.